The van der Waals surface area contributed by atoms with Crippen molar-refractivity contribution in [1.29, 1.82) is 0 Å². The number of ketones is 1. The van der Waals surface area contributed by atoms with Crippen LogP contribution in [0.1, 0.15) is 36.9 Å². The number of amides is 1. The predicted molar refractivity (Wildman–Crippen MR) is 122 cm³/mol. The quantitative estimate of drug-likeness (QED) is 0.361. The molecule has 32 heavy (non-hydrogen) atoms. The lowest BCUT2D eigenvalue weighted by molar-refractivity contribution is -0.140. The summed E-state index contributed by atoms with van der Waals surface area (Å²) in [5.74, 6) is -1.03. The minimum Gasteiger partial charge on any atom is -0.507 e. The number of likely N-dealkylation sites (tertiary alicyclic amines) is 1. The number of aliphatic hydroxyl groups is 1. The van der Waals surface area contributed by atoms with Crippen LogP contribution in [-0.2, 0) is 14.3 Å². The zero-order valence-corrected chi connectivity index (χ0v) is 19.0. The van der Waals surface area contributed by atoms with Gasteiger partial charge in [-0.25, -0.2) is 0 Å². The van der Waals surface area contributed by atoms with Gasteiger partial charge in [0.25, 0.3) is 11.7 Å². The van der Waals surface area contributed by atoms with Crippen molar-refractivity contribution in [1.82, 2.24) is 4.90 Å². The second-order valence-electron chi connectivity index (χ2n) is 7.72. The monoisotopic (exact) mass is 475 g/mol. The van der Waals surface area contributed by atoms with E-state index in [0.29, 0.717) is 40.1 Å². The van der Waals surface area contributed by atoms with Crippen molar-refractivity contribution in [2.45, 2.75) is 31.9 Å². The van der Waals surface area contributed by atoms with E-state index in [-0.39, 0.29) is 24.0 Å². The number of benzene rings is 2. The highest BCUT2D eigenvalue weighted by Crippen LogP contribution is 2.41. The Morgan fingerprint density at radius 1 is 1.16 bits per heavy atom. The Morgan fingerprint density at radius 2 is 1.91 bits per heavy atom. The van der Waals surface area contributed by atoms with Gasteiger partial charge < -0.3 is 19.5 Å². The van der Waals surface area contributed by atoms with Gasteiger partial charge in [0.1, 0.15) is 11.5 Å². The third-order valence-corrected chi connectivity index (χ3v) is 6.40. The molecule has 1 N–H and O–H groups in total. The molecule has 2 aliphatic rings. The molecule has 1 amide bonds. The maximum absolute atomic E-state index is 13.1. The van der Waals surface area contributed by atoms with Crippen LogP contribution in [0.4, 0.5) is 0 Å². The number of Topliss-reactive ketones (excluding diaryl/α,β-unsaturated/α-hetero) is 1. The zero-order chi connectivity index (χ0) is 22.8. The summed E-state index contributed by atoms with van der Waals surface area (Å²) >= 11 is 12.3. The first-order chi connectivity index (χ1) is 15.4. The fraction of sp³-hybridized carbons (Fsp3) is 0.333. The summed E-state index contributed by atoms with van der Waals surface area (Å²) in [5.41, 5.74) is 1.01. The van der Waals surface area contributed by atoms with E-state index in [1.165, 1.54) is 4.90 Å². The van der Waals surface area contributed by atoms with E-state index in [9.17, 15) is 14.7 Å². The number of carbonyl (C=O) groups is 2. The number of nitrogens with zero attached hydrogens (tertiary/aromatic N) is 1. The Labute approximate surface area is 196 Å². The van der Waals surface area contributed by atoms with E-state index >= 15 is 0 Å². The Hall–Kier alpha value is -2.54. The molecule has 2 aromatic rings. The van der Waals surface area contributed by atoms with Crippen molar-refractivity contribution in [2.75, 3.05) is 19.8 Å². The highest BCUT2D eigenvalue weighted by Gasteiger charge is 2.47. The predicted octanol–water partition coefficient (Wildman–Crippen LogP) is 4.99. The number of hydrogen-bond acceptors (Lipinski definition) is 5. The van der Waals surface area contributed by atoms with Gasteiger partial charge in [-0.05, 0) is 61.7 Å². The minimum atomic E-state index is -0.805. The standard InChI is InChI=1S/C24H23Cl2NO5/c1-2-31-16-8-5-14(6-9-16)22(28)20-21(15-7-10-18(25)19(26)12-15)27(24(30)23(20)29)13-17-4-3-11-32-17/h5-10,12,17,21,28H,2-4,11,13H2,1H3/b22-20+. The Morgan fingerprint density at radius 3 is 2.53 bits per heavy atom. The SMILES string of the molecule is CCOc1ccc(/C(O)=C2\C(=O)C(=O)N(CC3CCCO3)C2c2ccc(Cl)c(Cl)c2)cc1. The third kappa shape index (κ3) is 4.35. The molecule has 2 unspecified atom stereocenters. The summed E-state index contributed by atoms with van der Waals surface area (Å²) in [7, 11) is 0. The summed E-state index contributed by atoms with van der Waals surface area (Å²) in [5, 5.41) is 11.8. The van der Waals surface area contributed by atoms with Gasteiger partial charge in [-0.2, -0.15) is 0 Å². The topological polar surface area (TPSA) is 76.1 Å². The number of carbonyl (C=O) groups excluding carboxylic acids is 2. The summed E-state index contributed by atoms with van der Waals surface area (Å²) in [6.07, 6.45) is 1.54. The van der Waals surface area contributed by atoms with Gasteiger partial charge in [0.2, 0.25) is 0 Å². The van der Waals surface area contributed by atoms with Gasteiger partial charge in [-0.1, -0.05) is 29.3 Å². The van der Waals surface area contributed by atoms with Gasteiger partial charge >= 0.3 is 0 Å². The average Bonchev–Trinajstić information content (AvgIpc) is 3.38. The van der Waals surface area contributed by atoms with Crippen LogP contribution in [0.25, 0.3) is 5.76 Å². The molecule has 168 valence electrons. The van der Waals surface area contributed by atoms with Gasteiger partial charge in [-0.3, -0.25) is 9.59 Å². The number of halogens is 2. The molecular weight excluding hydrogens is 453 g/mol. The molecule has 4 rings (SSSR count). The summed E-state index contributed by atoms with van der Waals surface area (Å²) in [4.78, 5) is 27.5. The second kappa shape index (κ2) is 9.53. The van der Waals surface area contributed by atoms with E-state index in [0.717, 1.165) is 12.8 Å². The molecule has 6 nitrogen and oxygen atoms in total. The normalized spacial score (nSPS) is 22.5. The smallest absolute Gasteiger partial charge is 0.295 e. The highest BCUT2D eigenvalue weighted by molar-refractivity contribution is 6.46. The van der Waals surface area contributed by atoms with Gasteiger partial charge in [0.15, 0.2) is 0 Å². The summed E-state index contributed by atoms with van der Waals surface area (Å²) in [6, 6.07) is 10.8. The lowest BCUT2D eigenvalue weighted by atomic mass is 9.95. The molecule has 2 aliphatic heterocycles. The van der Waals surface area contributed by atoms with E-state index < -0.39 is 17.7 Å². The first-order valence-corrected chi connectivity index (χ1v) is 11.2. The molecule has 0 aliphatic carbocycles. The first kappa shape index (κ1) is 22.6. The molecule has 0 bridgehead atoms. The number of hydrogen-bond donors (Lipinski definition) is 1. The van der Waals surface area contributed by atoms with Crippen molar-refractivity contribution >= 4 is 40.7 Å². The highest BCUT2D eigenvalue weighted by atomic mass is 35.5. The summed E-state index contributed by atoms with van der Waals surface area (Å²) in [6.45, 7) is 3.26. The molecule has 2 atom stereocenters. The molecule has 2 heterocycles. The van der Waals surface area contributed by atoms with E-state index in [1.54, 1.807) is 42.5 Å². The van der Waals surface area contributed by atoms with Crippen LogP contribution in [0.5, 0.6) is 5.75 Å². The molecule has 8 heteroatoms. The van der Waals surface area contributed by atoms with Crippen LogP contribution in [0.15, 0.2) is 48.0 Å². The van der Waals surface area contributed by atoms with Crippen molar-refractivity contribution in [3.8, 4) is 5.75 Å². The molecular formula is C24H23Cl2NO5. The molecule has 2 saturated heterocycles. The van der Waals surface area contributed by atoms with Gasteiger partial charge in [-0.15, -0.1) is 0 Å². The van der Waals surface area contributed by atoms with Crippen molar-refractivity contribution in [3.05, 3.63) is 69.2 Å². The molecule has 0 radical (unpaired) electrons. The lowest BCUT2D eigenvalue weighted by Crippen LogP contribution is -2.36. The number of ether oxygens (including phenoxy) is 2. The third-order valence-electron chi connectivity index (χ3n) is 5.66. The van der Waals surface area contributed by atoms with Crippen molar-refractivity contribution < 1.29 is 24.2 Å². The van der Waals surface area contributed by atoms with Gasteiger partial charge in [0.05, 0.1) is 34.4 Å². The Kier molecular flexibility index (Phi) is 6.74. The second-order valence-corrected chi connectivity index (χ2v) is 8.53. The van der Waals surface area contributed by atoms with Crippen LogP contribution in [0, 0.1) is 0 Å². The van der Waals surface area contributed by atoms with Gasteiger partial charge in [0, 0.05) is 18.7 Å². The Balaban J connectivity index is 1.80. The summed E-state index contributed by atoms with van der Waals surface area (Å²) < 4.78 is 11.1. The largest absolute Gasteiger partial charge is 0.507 e. The average molecular weight is 476 g/mol. The molecule has 2 fully saturated rings. The molecule has 2 aromatic carbocycles. The van der Waals surface area contributed by atoms with E-state index in [1.807, 2.05) is 6.92 Å². The first-order valence-electron chi connectivity index (χ1n) is 10.5. The van der Waals surface area contributed by atoms with Crippen LogP contribution in [0.3, 0.4) is 0 Å². The molecule has 0 saturated carbocycles. The molecule has 0 spiro atoms. The van der Waals surface area contributed by atoms with Crippen LogP contribution >= 0.6 is 23.2 Å². The van der Waals surface area contributed by atoms with Crippen LogP contribution < -0.4 is 4.74 Å². The van der Waals surface area contributed by atoms with E-state index in [2.05, 4.69) is 0 Å². The fourth-order valence-electron chi connectivity index (χ4n) is 4.14. The van der Waals surface area contributed by atoms with Crippen LogP contribution in [0.2, 0.25) is 10.0 Å². The number of aliphatic hydroxyl groups excluding tert-OH is 1. The fourth-order valence-corrected chi connectivity index (χ4v) is 4.44. The minimum absolute atomic E-state index is 0.00976. The lowest BCUT2D eigenvalue weighted by Gasteiger charge is -2.27. The van der Waals surface area contributed by atoms with Crippen LogP contribution in [-0.4, -0.2) is 47.6 Å². The maximum atomic E-state index is 13.1. The van der Waals surface area contributed by atoms with Crippen molar-refractivity contribution in [2.24, 2.45) is 0 Å². The zero-order valence-electron chi connectivity index (χ0n) is 17.5. The van der Waals surface area contributed by atoms with Crippen molar-refractivity contribution in [3.63, 3.8) is 0 Å². The van der Waals surface area contributed by atoms with E-state index in [4.69, 9.17) is 32.7 Å². The maximum Gasteiger partial charge on any atom is 0.295 e. The molecule has 0 aromatic heterocycles. The Bertz CT molecular complexity index is 1060. The number of rotatable bonds is 6.